The third kappa shape index (κ3) is 3.34. The molecule has 9 heteroatoms. The molecular weight excluding hydrogens is 354 g/mol. The maximum atomic E-state index is 12.3. The molecule has 1 fully saturated rings. The Morgan fingerprint density at radius 1 is 1.31 bits per heavy atom. The lowest BCUT2D eigenvalue weighted by Crippen LogP contribution is -2.13. The molecule has 8 nitrogen and oxygen atoms in total. The predicted molar refractivity (Wildman–Crippen MR) is 97.1 cm³/mol. The zero-order valence-corrected chi connectivity index (χ0v) is 15.4. The largest absolute Gasteiger partial charge is 0.497 e. The highest BCUT2D eigenvalue weighted by Gasteiger charge is 2.30. The van der Waals surface area contributed by atoms with Crippen molar-refractivity contribution >= 4 is 27.9 Å². The number of amides is 1. The van der Waals surface area contributed by atoms with Crippen LogP contribution < -0.4 is 14.8 Å². The number of hydrogen-bond acceptors (Lipinski definition) is 7. The number of anilines is 1. The molecule has 1 aliphatic rings. The molecule has 0 atom stereocenters. The second-order valence-corrected chi connectivity index (χ2v) is 7.18. The number of nitrogens with zero attached hydrogens (tertiary/aromatic N) is 4. The van der Waals surface area contributed by atoms with Crippen LogP contribution in [0.4, 0.5) is 5.69 Å². The number of benzene rings is 1. The van der Waals surface area contributed by atoms with Crippen molar-refractivity contribution in [3.63, 3.8) is 0 Å². The van der Waals surface area contributed by atoms with Crippen molar-refractivity contribution in [1.29, 1.82) is 0 Å². The first-order chi connectivity index (χ1) is 12.7. The standard InChI is InChI=1S/C17H19N5O3S/c1-24-11-5-6-13(25-2)12(9-11)18-14(23)7-8-15-21-22-16(10-3-4-10)19-20-17(22)26-15/h5-6,9-10H,3-4,7-8H2,1-2H3,(H,18,23). The number of aryl methyl sites for hydroxylation is 1. The highest BCUT2D eigenvalue weighted by Crippen LogP contribution is 2.39. The van der Waals surface area contributed by atoms with Gasteiger partial charge in [0.1, 0.15) is 16.5 Å². The number of methoxy groups -OCH3 is 2. The van der Waals surface area contributed by atoms with Gasteiger partial charge in [0.2, 0.25) is 10.9 Å². The van der Waals surface area contributed by atoms with Crippen LogP contribution >= 0.6 is 11.3 Å². The molecule has 136 valence electrons. The van der Waals surface area contributed by atoms with Gasteiger partial charge in [-0.25, -0.2) is 0 Å². The Bertz CT molecular complexity index is 947. The summed E-state index contributed by atoms with van der Waals surface area (Å²) in [7, 11) is 3.14. The number of carbonyl (C=O) groups is 1. The maximum absolute atomic E-state index is 12.3. The van der Waals surface area contributed by atoms with Gasteiger partial charge in [0.05, 0.1) is 19.9 Å². The highest BCUT2D eigenvalue weighted by molar-refractivity contribution is 7.16. The van der Waals surface area contributed by atoms with E-state index in [9.17, 15) is 4.79 Å². The van der Waals surface area contributed by atoms with Crippen LogP contribution in [0.1, 0.15) is 36.0 Å². The molecule has 26 heavy (non-hydrogen) atoms. The summed E-state index contributed by atoms with van der Waals surface area (Å²) in [5.41, 5.74) is 0.589. The molecule has 1 saturated carbocycles. The summed E-state index contributed by atoms with van der Waals surface area (Å²) in [5.74, 6) is 2.57. The topological polar surface area (TPSA) is 90.6 Å². The third-order valence-electron chi connectivity index (χ3n) is 4.25. The Labute approximate surface area is 154 Å². The van der Waals surface area contributed by atoms with Gasteiger partial charge in [-0.3, -0.25) is 4.79 Å². The number of carbonyl (C=O) groups excluding carboxylic acids is 1. The van der Waals surface area contributed by atoms with Crippen LogP contribution in [0, 0.1) is 0 Å². The van der Waals surface area contributed by atoms with E-state index in [2.05, 4.69) is 20.6 Å². The summed E-state index contributed by atoms with van der Waals surface area (Å²) in [6, 6.07) is 5.28. The van der Waals surface area contributed by atoms with E-state index < -0.39 is 0 Å². The van der Waals surface area contributed by atoms with Crippen LogP contribution in [-0.2, 0) is 11.2 Å². The fraction of sp³-hybridized carbons (Fsp3) is 0.412. The lowest BCUT2D eigenvalue weighted by molar-refractivity contribution is -0.116. The van der Waals surface area contributed by atoms with E-state index in [1.807, 2.05) is 4.52 Å². The van der Waals surface area contributed by atoms with E-state index in [0.29, 0.717) is 35.9 Å². The summed E-state index contributed by atoms with van der Waals surface area (Å²) in [6.45, 7) is 0. The Hall–Kier alpha value is -2.68. The Morgan fingerprint density at radius 3 is 2.88 bits per heavy atom. The van der Waals surface area contributed by atoms with E-state index in [-0.39, 0.29) is 5.91 Å². The van der Waals surface area contributed by atoms with Crippen molar-refractivity contribution in [2.45, 2.75) is 31.6 Å². The minimum absolute atomic E-state index is 0.107. The molecule has 0 aliphatic heterocycles. The predicted octanol–water partition coefficient (Wildman–Crippen LogP) is 2.65. The average molecular weight is 373 g/mol. The molecule has 1 amide bonds. The molecule has 1 aliphatic carbocycles. The average Bonchev–Trinajstić information content (AvgIpc) is 3.29. The molecule has 1 aromatic carbocycles. The Balaban J connectivity index is 1.41. The summed E-state index contributed by atoms with van der Waals surface area (Å²) < 4.78 is 12.3. The number of fused-ring (bicyclic) bond motifs is 1. The van der Waals surface area contributed by atoms with Crippen molar-refractivity contribution in [3.8, 4) is 11.5 Å². The van der Waals surface area contributed by atoms with Crippen molar-refractivity contribution in [1.82, 2.24) is 19.8 Å². The van der Waals surface area contributed by atoms with Gasteiger partial charge in [-0.15, -0.1) is 10.2 Å². The monoisotopic (exact) mass is 373 g/mol. The molecule has 3 aromatic rings. The fourth-order valence-corrected chi connectivity index (χ4v) is 3.55. The lowest BCUT2D eigenvalue weighted by Gasteiger charge is -2.11. The summed E-state index contributed by atoms with van der Waals surface area (Å²) >= 11 is 1.48. The normalized spacial score (nSPS) is 13.8. The van der Waals surface area contributed by atoms with Crippen molar-refractivity contribution in [3.05, 3.63) is 29.0 Å². The molecule has 0 saturated heterocycles. The minimum Gasteiger partial charge on any atom is -0.497 e. The fourth-order valence-electron chi connectivity index (χ4n) is 2.71. The molecule has 0 bridgehead atoms. The van der Waals surface area contributed by atoms with Gasteiger partial charge in [0.25, 0.3) is 0 Å². The first-order valence-corrected chi connectivity index (χ1v) is 9.22. The van der Waals surface area contributed by atoms with Crippen molar-refractivity contribution < 1.29 is 14.3 Å². The zero-order chi connectivity index (χ0) is 18.1. The SMILES string of the molecule is COc1ccc(OC)c(NC(=O)CCc2nn3c(C4CC4)nnc3s2)c1. The number of rotatable bonds is 7. The number of hydrogen-bond donors (Lipinski definition) is 1. The van der Waals surface area contributed by atoms with Gasteiger partial charge in [0.15, 0.2) is 5.82 Å². The van der Waals surface area contributed by atoms with Crippen LogP contribution in [0.15, 0.2) is 18.2 Å². The smallest absolute Gasteiger partial charge is 0.234 e. The Kier molecular flexibility index (Phi) is 4.46. The van der Waals surface area contributed by atoms with Crippen LogP contribution in [-0.4, -0.2) is 39.9 Å². The van der Waals surface area contributed by atoms with Gasteiger partial charge in [-0.05, 0) is 25.0 Å². The maximum Gasteiger partial charge on any atom is 0.234 e. The molecule has 4 rings (SSSR count). The quantitative estimate of drug-likeness (QED) is 0.685. The minimum atomic E-state index is -0.107. The Morgan fingerprint density at radius 2 is 2.15 bits per heavy atom. The van der Waals surface area contributed by atoms with Crippen LogP contribution in [0.5, 0.6) is 11.5 Å². The lowest BCUT2D eigenvalue weighted by atomic mass is 10.2. The molecule has 0 unspecified atom stereocenters. The summed E-state index contributed by atoms with van der Waals surface area (Å²) in [4.78, 5) is 13.1. The number of nitrogens with one attached hydrogen (secondary N) is 1. The highest BCUT2D eigenvalue weighted by atomic mass is 32.1. The van der Waals surface area contributed by atoms with Gasteiger partial charge in [-0.1, -0.05) is 11.3 Å². The molecule has 0 spiro atoms. The first-order valence-electron chi connectivity index (χ1n) is 8.41. The van der Waals surface area contributed by atoms with Crippen molar-refractivity contribution in [2.75, 3.05) is 19.5 Å². The van der Waals surface area contributed by atoms with E-state index in [4.69, 9.17) is 9.47 Å². The van der Waals surface area contributed by atoms with Gasteiger partial charge in [-0.2, -0.15) is 9.61 Å². The van der Waals surface area contributed by atoms with E-state index in [0.717, 1.165) is 28.6 Å². The van der Waals surface area contributed by atoms with Crippen LogP contribution in [0.25, 0.3) is 4.96 Å². The van der Waals surface area contributed by atoms with Gasteiger partial charge in [0, 0.05) is 24.8 Å². The third-order valence-corrected chi connectivity index (χ3v) is 5.20. The summed E-state index contributed by atoms with van der Waals surface area (Å²) in [5, 5.41) is 16.7. The summed E-state index contributed by atoms with van der Waals surface area (Å²) in [6.07, 6.45) is 3.18. The van der Waals surface area contributed by atoms with E-state index >= 15 is 0 Å². The van der Waals surface area contributed by atoms with Gasteiger partial charge < -0.3 is 14.8 Å². The molecule has 0 radical (unpaired) electrons. The van der Waals surface area contributed by atoms with Gasteiger partial charge >= 0.3 is 0 Å². The first kappa shape index (κ1) is 16.8. The second-order valence-electron chi connectivity index (χ2n) is 6.14. The number of ether oxygens (including phenoxy) is 2. The number of aromatic nitrogens is 4. The van der Waals surface area contributed by atoms with Crippen LogP contribution in [0.2, 0.25) is 0 Å². The molecule has 1 N–H and O–H groups in total. The van der Waals surface area contributed by atoms with E-state index in [1.54, 1.807) is 32.4 Å². The zero-order valence-electron chi connectivity index (χ0n) is 14.6. The van der Waals surface area contributed by atoms with Crippen LogP contribution in [0.3, 0.4) is 0 Å². The van der Waals surface area contributed by atoms with E-state index in [1.165, 1.54) is 11.3 Å². The molecule has 2 aromatic heterocycles. The molecule has 2 heterocycles. The molecular formula is C17H19N5O3S. The van der Waals surface area contributed by atoms with Crippen molar-refractivity contribution in [2.24, 2.45) is 0 Å². The second kappa shape index (κ2) is 6.91.